The van der Waals surface area contributed by atoms with E-state index < -0.39 is 14.6 Å². The molecule has 14 aromatic rings. The third-order valence-electron chi connectivity index (χ3n) is 15.5. The molecule has 6 aromatic heterocycles. The summed E-state index contributed by atoms with van der Waals surface area (Å²) in [4.78, 5) is 84.6. The van der Waals surface area contributed by atoms with Crippen LogP contribution in [-0.2, 0) is 40.0 Å². The van der Waals surface area contributed by atoms with Crippen LogP contribution < -0.4 is 4.18 Å². The number of carbonyl (C=O) groups is 1. The smallest absolute Gasteiger partial charge is 0 e. The molecule has 18 rings (SSSR count). The Morgan fingerprint density at radius 1 is 0.326 bits per heavy atom. The molecule has 21 nitrogen and oxygen atoms in total. The van der Waals surface area contributed by atoms with E-state index in [9.17, 15) is 18.3 Å². The molecular formula is C65H35Co2N16O5S. The van der Waals surface area contributed by atoms with Gasteiger partial charge in [0, 0.05) is 66.0 Å². The maximum absolute atomic E-state index is 12.3. The number of nitrogens with one attached hydrogen (secondary N) is 4. The number of hydrogen-bond acceptors (Lipinski definition) is 16. The molecule has 4 aliphatic rings. The number of H-pyrrole nitrogens is 4. The van der Waals surface area contributed by atoms with Gasteiger partial charge in [-0.25, -0.2) is 34.7 Å². The van der Waals surface area contributed by atoms with Gasteiger partial charge in [0.1, 0.15) is 22.6 Å². The molecule has 0 amide bonds. The van der Waals surface area contributed by atoms with Crippen LogP contribution in [0, 0.1) is 0 Å². The third kappa shape index (κ3) is 8.87. The molecule has 4 aliphatic heterocycles. The van der Waals surface area contributed by atoms with E-state index in [1.165, 1.54) is 6.07 Å². The van der Waals surface area contributed by atoms with E-state index in [2.05, 4.69) is 34.6 Å². The third-order valence-corrected chi connectivity index (χ3v) is 16.2. The molecule has 0 unspecified atom stereocenters. The van der Waals surface area contributed by atoms with Crippen molar-refractivity contribution in [3.63, 3.8) is 0 Å². The molecule has 16 bridgehead atoms. The van der Waals surface area contributed by atoms with Gasteiger partial charge in [0.05, 0.1) is 5.56 Å². The Labute approximate surface area is 517 Å². The summed E-state index contributed by atoms with van der Waals surface area (Å²) in [5, 5.41) is 15.6. The minimum Gasteiger partial charge on any atom is 0 e. The van der Waals surface area contributed by atoms with Gasteiger partial charge in [-0.05, 0) is 6.07 Å². The average Bonchev–Trinajstić information content (AvgIpc) is 1.93. The first-order valence-electron chi connectivity index (χ1n) is 27.3. The summed E-state index contributed by atoms with van der Waals surface area (Å²) in [6, 6.07) is 56.7. The second-order valence-corrected chi connectivity index (χ2v) is 23.1. The van der Waals surface area contributed by atoms with Gasteiger partial charge in [0.15, 0.2) is 23.3 Å². The molecule has 5 N–H and O–H groups in total. The van der Waals surface area contributed by atoms with Crippen molar-refractivity contribution in [1.29, 1.82) is 0 Å². The van der Waals surface area contributed by atoms with Crippen molar-refractivity contribution >= 4 is 103 Å². The number of hydrogen-bond donors (Lipinski definition) is 5. The van der Waals surface area contributed by atoms with Crippen molar-refractivity contribution in [3.8, 4) is 96.9 Å². The molecule has 0 fully saturated rings. The van der Waals surface area contributed by atoms with Gasteiger partial charge in [0.2, 0.25) is 0 Å². The van der Waals surface area contributed by atoms with Crippen LogP contribution in [0.3, 0.4) is 0 Å². The van der Waals surface area contributed by atoms with Crippen LogP contribution >= 0.6 is 0 Å². The Kier molecular flexibility index (Phi) is 12.2. The summed E-state index contributed by atoms with van der Waals surface area (Å²) in [6.07, 6.45) is 0. The number of aromatic nitrogens is 16. The van der Waals surface area contributed by atoms with Gasteiger partial charge in [-0.3, -0.25) is 0 Å². The van der Waals surface area contributed by atoms with Gasteiger partial charge in [-0.2, -0.15) is 0 Å². The molecule has 89 heavy (non-hydrogen) atoms. The van der Waals surface area contributed by atoms with Crippen molar-refractivity contribution < 1.29 is 53.9 Å². The number of fused-ring (bicyclic) bond motifs is 40. The van der Waals surface area contributed by atoms with E-state index in [-0.39, 0.29) is 28.1 Å². The Morgan fingerprint density at radius 3 is 0.888 bits per heavy atom. The number of carboxylic acid groups (broad SMARTS) is 1. The molecule has 0 saturated carbocycles. The van der Waals surface area contributed by atoms with Crippen molar-refractivity contribution in [2.45, 2.75) is 0 Å². The second-order valence-electron chi connectivity index (χ2n) is 20.7. The van der Waals surface area contributed by atoms with Gasteiger partial charge in [-0.1, -0.05) is 109 Å². The summed E-state index contributed by atoms with van der Waals surface area (Å²) in [5.74, 6) is 2.59. The van der Waals surface area contributed by atoms with E-state index in [4.69, 9.17) is 64.0 Å². The zero-order chi connectivity index (χ0) is 58.9. The van der Waals surface area contributed by atoms with Gasteiger partial charge in [-0.15, -0.1) is 0 Å². The number of benzene rings is 8. The fourth-order valence-corrected chi connectivity index (χ4v) is 12.3. The van der Waals surface area contributed by atoms with Crippen molar-refractivity contribution in [2.24, 2.45) is 0 Å². The predicted molar refractivity (Wildman–Crippen MR) is 329 cm³/mol. The first-order chi connectivity index (χ1) is 43.0. The molecule has 0 atom stereocenters. The van der Waals surface area contributed by atoms with Crippen molar-refractivity contribution in [2.75, 3.05) is 0 Å². The second kappa shape index (κ2) is 20.4. The predicted octanol–water partition coefficient (Wildman–Crippen LogP) is 12.6. The van der Waals surface area contributed by atoms with Crippen LogP contribution in [0.4, 0.5) is 0 Å². The summed E-state index contributed by atoms with van der Waals surface area (Å²) < 4.78 is 29.5. The van der Waals surface area contributed by atoms with Crippen molar-refractivity contribution in [3.05, 3.63) is 188 Å². The Bertz CT molecular complexity index is 5920. The van der Waals surface area contributed by atoms with E-state index >= 15 is 0 Å². The number of nitrogens with zero attached hydrogens (tertiary/aromatic N) is 12. The Morgan fingerprint density at radius 2 is 0.573 bits per heavy atom. The number of aromatic amines is 4. The standard InChI is InChI=1S/C33H18N8O2.C32H17N8O3S.2Co/c42-33(43)23-15-7-14-22-24(23)32-40-30-21-13-6-5-12-20(21)28(38-30)36-26-17-9-2-1-8-16(17)25(34-26)35-27-18-10-3-4-11-19(18)29(37-27)39-31(22)41-32;41-44(42)43-23-15-7-14-22-24(23)32-39-30-21-13-6-5-12-20(21)28(37-30)35-26-17-9-2-1-8-16(17)25(33-26)34-27-18-10-3-4-11-19(18)29(36-27)38-31(22)40-32;;/h1-15H,(H,42,43)(H2,34,35,36,37,38,39,40,41);1-15H,(H2,33,34,35,36,37,38,39,40);;. The van der Waals surface area contributed by atoms with E-state index in [0.29, 0.717) is 113 Å². The monoisotopic (exact) mass is 1270 g/mol. The fraction of sp³-hybridized carbons (Fsp3) is 0. The molecule has 0 spiro atoms. The maximum Gasteiger partial charge on any atom is 0 e. The molecule has 1 radical (unpaired) electrons. The van der Waals surface area contributed by atoms with Crippen LogP contribution in [-0.4, -0.2) is 99.2 Å². The Hall–Kier alpha value is -11.3. The summed E-state index contributed by atoms with van der Waals surface area (Å²) in [5.41, 5.74) is 10.4. The van der Waals surface area contributed by atoms with Crippen LogP contribution in [0.5, 0.6) is 5.75 Å². The maximum atomic E-state index is 12.3. The largest absolute Gasteiger partial charge is 0 e. The molecule has 10 heterocycles. The molecular weight excluding hydrogens is 1230 g/mol. The SMILES string of the molecule is O=C(O)c1cccc2c3nc4nc(nc5[nH]c(nc6nc(nc([nH]3)c12)-c1ccccc1-6)c1ccccc51)-c1ccccc1-4.O=[S](=O)([Co])Oc1cccc2c3nc4nc(nc5[nH]c(nc6nc(nc([nH]3)c12)-c1ccccc1-6)c1ccccc51)-c1ccccc1-4.[Co]. The van der Waals surface area contributed by atoms with Crippen LogP contribution in [0.2, 0.25) is 0 Å². The topological polar surface area (TPSA) is 299 Å². The molecule has 429 valence electrons. The number of rotatable bonds is 3. The minimum absolute atomic E-state index is 0. The van der Waals surface area contributed by atoms with Gasteiger partial charge >= 0.3 is 238 Å². The summed E-state index contributed by atoms with van der Waals surface area (Å²) in [7, 11) is -4.16. The van der Waals surface area contributed by atoms with Crippen LogP contribution in [0.15, 0.2) is 182 Å². The van der Waals surface area contributed by atoms with E-state index in [0.717, 1.165) is 66.1 Å². The molecule has 8 aromatic carbocycles. The van der Waals surface area contributed by atoms with E-state index in [1.54, 1.807) is 24.3 Å². The summed E-state index contributed by atoms with van der Waals surface area (Å²) >= 11 is 3.68. The average molecular weight is 1270 g/mol. The number of carboxylic acids is 1. The number of aromatic carboxylic acids is 1. The van der Waals surface area contributed by atoms with Gasteiger partial charge < -0.3 is 15.1 Å². The fourth-order valence-electron chi connectivity index (χ4n) is 11.7. The first kappa shape index (κ1) is 53.2. The zero-order valence-corrected chi connectivity index (χ0v) is 48.2. The van der Waals surface area contributed by atoms with E-state index in [1.807, 2.05) is 152 Å². The zero-order valence-electron chi connectivity index (χ0n) is 45.3. The normalized spacial score (nSPS) is 12.0. The quantitative estimate of drug-likeness (QED) is 0.110. The molecule has 0 saturated heterocycles. The minimum atomic E-state index is -4.16. The van der Waals surface area contributed by atoms with Crippen LogP contribution in [0.25, 0.3) is 179 Å². The van der Waals surface area contributed by atoms with Crippen molar-refractivity contribution in [1.82, 2.24) is 79.7 Å². The first-order valence-corrected chi connectivity index (χ1v) is 29.9. The molecule has 0 aliphatic carbocycles. The summed E-state index contributed by atoms with van der Waals surface area (Å²) in [6.45, 7) is 0. The Balaban J connectivity index is 0.000000142. The van der Waals surface area contributed by atoms with Gasteiger partial charge in [0.25, 0.3) is 0 Å². The van der Waals surface area contributed by atoms with Crippen LogP contribution in [0.1, 0.15) is 10.4 Å². The molecule has 24 heteroatoms.